The quantitative estimate of drug-likeness (QED) is 0.820. The van der Waals surface area contributed by atoms with Crippen LogP contribution in [0.2, 0.25) is 0 Å². The number of carbonyl (C=O) groups excluding carboxylic acids is 1. The van der Waals surface area contributed by atoms with Crippen molar-refractivity contribution in [3.63, 3.8) is 0 Å². The van der Waals surface area contributed by atoms with Crippen LogP contribution >= 0.6 is 0 Å². The predicted octanol–water partition coefficient (Wildman–Crippen LogP) is 3.97. The van der Waals surface area contributed by atoms with Crippen molar-refractivity contribution in [3.8, 4) is 0 Å². The molecule has 1 aliphatic carbocycles. The van der Waals surface area contributed by atoms with Crippen molar-refractivity contribution in [2.75, 3.05) is 5.32 Å². The number of nitrogens with one attached hydrogen (secondary N) is 1. The van der Waals surface area contributed by atoms with Crippen LogP contribution in [-0.4, -0.2) is 17.0 Å². The van der Waals surface area contributed by atoms with Crippen LogP contribution in [0.15, 0.2) is 42.5 Å². The molecule has 0 heterocycles. The van der Waals surface area contributed by atoms with Gasteiger partial charge in [-0.05, 0) is 54.2 Å². The van der Waals surface area contributed by atoms with E-state index in [9.17, 15) is 18.4 Å². The van der Waals surface area contributed by atoms with Gasteiger partial charge in [0.2, 0.25) is 5.91 Å². The third-order valence-corrected chi connectivity index (χ3v) is 4.68. The lowest BCUT2D eigenvalue weighted by Gasteiger charge is -2.09. The minimum atomic E-state index is -0.903. The maximum atomic E-state index is 13.3. The summed E-state index contributed by atoms with van der Waals surface area (Å²) in [6, 6.07) is 10.8. The van der Waals surface area contributed by atoms with Crippen LogP contribution in [0.5, 0.6) is 0 Å². The van der Waals surface area contributed by atoms with Crippen molar-refractivity contribution in [3.05, 3.63) is 65.2 Å². The Labute approximate surface area is 149 Å². The molecule has 2 aromatic carbocycles. The first-order valence-electron chi connectivity index (χ1n) is 8.42. The van der Waals surface area contributed by atoms with Gasteiger partial charge in [-0.3, -0.25) is 9.59 Å². The van der Waals surface area contributed by atoms with E-state index in [4.69, 9.17) is 5.11 Å². The molecule has 1 amide bonds. The van der Waals surface area contributed by atoms with Crippen LogP contribution in [-0.2, 0) is 16.0 Å². The molecule has 3 rings (SSSR count). The summed E-state index contributed by atoms with van der Waals surface area (Å²) in [6.07, 6.45) is 1.02. The molecule has 26 heavy (non-hydrogen) atoms. The smallest absolute Gasteiger partial charge is 0.306 e. The average Bonchev–Trinajstić information content (AvgIpc) is 3.40. The molecule has 6 heteroatoms. The number of anilines is 1. The van der Waals surface area contributed by atoms with Gasteiger partial charge in [-0.25, -0.2) is 8.78 Å². The first-order valence-corrected chi connectivity index (χ1v) is 8.42. The van der Waals surface area contributed by atoms with E-state index in [0.29, 0.717) is 24.1 Å². The zero-order valence-electron chi connectivity index (χ0n) is 14.2. The van der Waals surface area contributed by atoms with Crippen molar-refractivity contribution in [1.82, 2.24) is 0 Å². The van der Waals surface area contributed by atoms with Crippen LogP contribution in [0.1, 0.15) is 30.4 Å². The van der Waals surface area contributed by atoms with E-state index in [1.807, 2.05) is 0 Å². The molecule has 0 saturated heterocycles. The van der Waals surface area contributed by atoms with Crippen LogP contribution in [0.25, 0.3) is 0 Å². The molecule has 2 aromatic rings. The van der Waals surface area contributed by atoms with Crippen molar-refractivity contribution < 1.29 is 23.5 Å². The SMILES string of the molecule is CC(Cc1ccc(NC(=O)C2CC2c2ccc(F)c(F)c2)cc1)C(=O)O. The van der Waals surface area contributed by atoms with Gasteiger partial charge in [-0.1, -0.05) is 25.1 Å². The van der Waals surface area contributed by atoms with Gasteiger partial charge < -0.3 is 10.4 Å². The number of aliphatic carboxylic acids is 1. The highest BCUT2D eigenvalue weighted by Crippen LogP contribution is 2.48. The summed E-state index contributed by atoms with van der Waals surface area (Å²) in [4.78, 5) is 23.2. The Morgan fingerprint density at radius 3 is 2.46 bits per heavy atom. The number of carboxylic acid groups (broad SMARTS) is 1. The number of benzene rings is 2. The molecule has 1 aliphatic rings. The standard InChI is InChI=1S/C20H19F2NO3/c1-11(20(25)26)8-12-2-5-14(6-3-12)23-19(24)16-10-15(16)13-4-7-17(21)18(22)9-13/h2-7,9,11,15-16H,8,10H2,1H3,(H,23,24)(H,25,26). The van der Waals surface area contributed by atoms with Gasteiger partial charge in [0.25, 0.3) is 0 Å². The first-order chi connectivity index (χ1) is 12.3. The van der Waals surface area contributed by atoms with Gasteiger partial charge in [0.05, 0.1) is 5.92 Å². The molecule has 3 atom stereocenters. The summed E-state index contributed by atoms with van der Waals surface area (Å²) in [5.41, 5.74) is 2.13. The second-order valence-electron chi connectivity index (χ2n) is 6.75. The Kier molecular flexibility index (Phi) is 5.02. The maximum absolute atomic E-state index is 13.3. The number of hydrogen-bond donors (Lipinski definition) is 2. The molecular weight excluding hydrogens is 340 g/mol. The van der Waals surface area contributed by atoms with E-state index in [-0.39, 0.29) is 17.7 Å². The summed E-state index contributed by atoms with van der Waals surface area (Å²) < 4.78 is 26.3. The Balaban J connectivity index is 1.57. The Morgan fingerprint density at radius 2 is 1.85 bits per heavy atom. The fraction of sp³-hybridized carbons (Fsp3) is 0.300. The molecule has 0 aromatic heterocycles. The number of hydrogen-bond acceptors (Lipinski definition) is 2. The highest BCUT2D eigenvalue weighted by molar-refractivity contribution is 5.95. The topological polar surface area (TPSA) is 66.4 Å². The molecule has 3 unspecified atom stereocenters. The maximum Gasteiger partial charge on any atom is 0.306 e. The number of carbonyl (C=O) groups is 2. The summed E-state index contributed by atoms with van der Waals surface area (Å²) >= 11 is 0. The minimum absolute atomic E-state index is 0.0965. The van der Waals surface area contributed by atoms with Crippen LogP contribution in [0.4, 0.5) is 14.5 Å². The molecule has 0 bridgehead atoms. The van der Waals surface area contributed by atoms with Crippen molar-refractivity contribution in [2.45, 2.75) is 25.7 Å². The zero-order chi connectivity index (χ0) is 18.8. The molecule has 1 saturated carbocycles. The second-order valence-corrected chi connectivity index (χ2v) is 6.75. The van der Waals surface area contributed by atoms with Crippen LogP contribution < -0.4 is 5.32 Å². The number of rotatable bonds is 6. The highest BCUT2D eigenvalue weighted by Gasteiger charge is 2.44. The van der Waals surface area contributed by atoms with Crippen LogP contribution in [0, 0.1) is 23.5 Å². The van der Waals surface area contributed by atoms with Gasteiger partial charge in [0.15, 0.2) is 11.6 Å². The van der Waals surface area contributed by atoms with Gasteiger partial charge in [0.1, 0.15) is 0 Å². The number of carboxylic acids is 1. The lowest BCUT2D eigenvalue weighted by atomic mass is 10.0. The molecular formula is C20H19F2NO3. The largest absolute Gasteiger partial charge is 0.481 e. The summed E-state index contributed by atoms with van der Waals surface area (Å²) in [6.45, 7) is 1.64. The predicted molar refractivity (Wildman–Crippen MR) is 92.8 cm³/mol. The third kappa shape index (κ3) is 4.07. The van der Waals surface area contributed by atoms with E-state index in [1.165, 1.54) is 6.07 Å². The second kappa shape index (κ2) is 7.23. The summed E-state index contributed by atoms with van der Waals surface area (Å²) in [5, 5.41) is 11.7. The molecule has 0 radical (unpaired) electrons. The van der Waals surface area contributed by atoms with Crippen molar-refractivity contribution in [2.24, 2.45) is 11.8 Å². The van der Waals surface area contributed by atoms with E-state index in [0.717, 1.165) is 17.7 Å². The number of halogens is 2. The van der Waals surface area contributed by atoms with Gasteiger partial charge in [0, 0.05) is 11.6 Å². The van der Waals surface area contributed by atoms with Crippen molar-refractivity contribution >= 4 is 17.6 Å². The highest BCUT2D eigenvalue weighted by atomic mass is 19.2. The molecule has 136 valence electrons. The van der Waals surface area contributed by atoms with E-state index in [2.05, 4.69) is 5.32 Å². The van der Waals surface area contributed by atoms with Gasteiger partial charge in [-0.15, -0.1) is 0 Å². The van der Waals surface area contributed by atoms with Crippen molar-refractivity contribution in [1.29, 1.82) is 0 Å². The lowest BCUT2D eigenvalue weighted by Crippen LogP contribution is -2.15. The summed E-state index contributed by atoms with van der Waals surface area (Å²) in [5.74, 6) is -3.63. The van der Waals surface area contributed by atoms with E-state index >= 15 is 0 Å². The molecule has 0 aliphatic heterocycles. The number of amides is 1. The molecule has 0 spiro atoms. The molecule has 4 nitrogen and oxygen atoms in total. The Bertz CT molecular complexity index is 835. The normalized spacial score (nSPS) is 19.7. The van der Waals surface area contributed by atoms with E-state index < -0.39 is 23.5 Å². The molecule has 2 N–H and O–H groups in total. The van der Waals surface area contributed by atoms with Crippen LogP contribution in [0.3, 0.4) is 0 Å². The monoisotopic (exact) mass is 359 g/mol. The van der Waals surface area contributed by atoms with E-state index in [1.54, 1.807) is 31.2 Å². The zero-order valence-corrected chi connectivity index (χ0v) is 14.2. The fourth-order valence-electron chi connectivity index (χ4n) is 3.00. The minimum Gasteiger partial charge on any atom is -0.481 e. The Hall–Kier alpha value is -2.76. The third-order valence-electron chi connectivity index (χ3n) is 4.68. The Morgan fingerprint density at radius 1 is 1.15 bits per heavy atom. The first kappa shape index (κ1) is 18.0. The van der Waals surface area contributed by atoms with Gasteiger partial charge in [-0.2, -0.15) is 0 Å². The average molecular weight is 359 g/mol. The fourth-order valence-corrected chi connectivity index (χ4v) is 3.00. The van der Waals surface area contributed by atoms with Gasteiger partial charge >= 0.3 is 5.97 Å². The lowest BCUT2D eigenvalue weighted by molar-refractivity contribution is -0.141. The summed E-state index contributed by atoms with van der Waals surface area (Å²) in [7, 11) is 0. The molecule has 1 fully saturated rings.